The first-order chi connectivity index (χ1) is 9.52. The number of nitrogen functional groups attached to an aromatic ring is 1. The highest BCUT2D eigenvalue weighted by Crippen LogP contribution is 2.21. The van der Waals surface area contributed by atoms with E-state index in [0.717, 1.165) is 32.1 Å². The summed E-state index contributed by atoms with van der Waals surface area (Å²) in [6.45, 7) is 7.27. The van der Waals surface area contributed by atoms with Gasteiger partial charge in [-0.15, -0.1) is 0 Å². The predicted octanol–water partition coefficient (Wildman–Crippen LogP) is 1.44. The molecule has 6 nitrogen and oxygen atoms in total. The van der Waals surface area contributed by atoms with E-state index < -0.39 is 0 Å². The van der Waals surface area contributed by atoms with Gasteiger partial charge in [-0.3, -0.25) is 0 Å². The molecule has 0 bridgehead atoms. The first-order valence-electron chi connectivity index (χ1n) is 6.87. The molecule has 1 aromatic heterocycles. The topological polar surface area (TPSA) is 72.6 Å². The summed E-state index contributed by atoms with van der Waals surface area (Å²) in [5.41, 5.74) is 6.39. The van der Waals surface area contributed by atoms with Crippen LogP contribution in [0.4, 0.5) is 11.5 Å². The molecule has 0 saturated heterocycles. The molecule has 114 valence electrons. The minimum atomic E-state index is 0.0558. The Bertz CT molecular complexity index is 399. The maximum Gasteiger partial charge on any atom is 0.239 e. The van der Waals surface area contributed by atoms with Crippen LogP contribution in [-0.2, 0) is 4.74 Å². The van der Waals surface area contributed by atoms with Crippen molar-refractivity contribution in [2.24, 2.45) is 0 Å². The Morgan fingerprint density at radius 2 is 2.10 bits per heavy atom. The third-order valence-electron chi connectivity index (χ3n) is 2.71. The average molecular weight is 282 g/mol. The normalized spacial score (nSPS) is 11.1. The predicted molar refractivity (Wildman–Crippen MR) is 82.3 cm³/mol. The average Bonchev–Trinajstić information content (AvgIpc) is 2.39. The first-order valence-corrected chi connectivity index (χ1v) is 6.87. The molecular weight excluding hydrogens is 256 g/mol. The number of nitrogens with zero attached hydrogens (tertiary/aromatic N) is 2. The largest absolute Gasteiger partial charge is 0.473 e. The highest BCUT2D eigenvalue weighted by atomic mass is 16.5. The molecule has 6 heteroatoms. The fourth-order valence-electron chi connectivity index (χ4n) is 1.60. The quantitative estimate of drug-likeness (QED) is 0.714. The molecule has 0 fully saturated rings. The fraction of sp³-hybridized carbons (Fsp3) is 0.643. The van der Waals surface area contributed by atoms with Crippen molar-refractivity contribution in [3.8, 4) is 5.88 Å². The van der Waals surface area contributed by atoms with Crippen LogP contribution in [0.3, 0.4) is 0 Å². The Labute approximate surface area is 121 Å². The lowest BCUT2D eigenvalue weighted by Crippen LogP contribution is -2.28. The van der Waals surface area contributed by atoms with Gasteiger partial charge in [0.15, 0.2) is 0 Å². The zero-order valence-corrected chi connectivity index (χ0v) is 12.8. The number of ether oxygens (including phenoxy) is 2. The molecule has 1 aromatic rings. The fourth-order valence-corrected chi connectivity index (χ4v) is 1.60. The minimum Gasteiger partial charge on any atom is -0.473 e. The Kier molecular flexibility index (Phi) is 7.11. The van der Waals surface area contributed by atoms with Gasteiger partial charge in [-0.2, -0.15) is 4.98 Å². The molecule has 0 atom stereocenters. The zero-order chi connectivity index (χ0) is 15.0. The van der Waals surface area contributed by atoms with Crippen LogP contribution in [0.1, 0.15) is 13.8 Å². The maximum absolute atomic E-state index is 5.83. The summed E-state index contributed by atoms with van der Waals surface area (Å²) in [5.74, 6) is 1.26. The summed E-state index contributed by atoms with van der Waals surface area (Å²) in [5, 5.41) is 3.26. The lowest BCUT2D eigenvalue weighted by Gasteiger charge is -2.17. The Hall–Kier alpha value is -1.53. The van der Waals surface area contributed by atoms with Crippen LogP contribution in [0, 0.1) is 0 Å². The van der Waals surface area contributed by atoms with Crippen molar-refractivity contribution in [1.82, 2.24) is 9.88 Å². The maximum atomic E-state index is 5.83. The van der Waals surface area contributed by atoms with Gasteiger partial charge in [0.1, 0.15) is 5.82 Å². The van der Waals surface area contributed by atoms with E-state index in [1.165, 1.54) is 0 Å². The van der Waals surface area contributed by atoms with Crippen LogP contribution in [0.2, 0.25) is 0 Å². The number of methoxy groups -OCH3 is 1. The van der Waals surface area contributed by atoms with E-state index in [1.807, 2.05) is 26.0 Å². The third-order valence-corrected chi connectivity index (χ3v) is 2.71. The van der Waals surface area contributed by atoms with Crippen LogP contribution in [0.5, 0.6) is 5.88 Å². The van der Waals surface area contributed by atoms with Crippen molar-refractivity contribution in [2.75, 3.05) is 51.4 Å². The summed E-state index contributed by atoms with van der Waals surface area (Å²) in [7, 11) is 3.77. The second-order valence-corrected chi connectivity index (χ2v) is 4.98. The van der Waals surface area contributed by atoms with E-state index in [9.17, 15) is 0 Å². The first kappa shape index (κ1) is 16.5. The lowest BCUT2D eigenvalue weighted by atomic mass is 10.4. The molecule has 0 spiro atoms. The van der Waals surface area contributed by atoms with Crippen molar-refractivity contribution in [1.29, 1.82) is 0 Å². The molecule has 0 aliphatic heterocycles. The molecule has 1 heterocycles. The zero-order valence-electron chi connectivity index (χ0n) is 12.8. The van der Waals surface area contributed by atoms with Gasteiger partial charge in [-0.05, 0) is 33.0 Å². The number of aromatic nitrogens is 1. The molecular formula is C14H26N4O2. The highest BCUT2D eigenvalue weighted by Gasteiger charge is 2.06. The van der Waals surface area contributed by atoms with E-state index >= 15 is 0 Å². The van der Waals surface area contributed by atoms with Gasteiger partial charge in [-0.1, -0.05) is 0 Å². The van der Waals surface area contributed by atoms with Crippen LogP contribution in [0.15, 0.2) is 12.1 Å². The van der Waals surface area contributed by atoms with Crippen molar-refractivity contribution >= 4 is 11.5 Å². The number of rotatable bonds is 9. The Balaban J connectivity index is 2.44. The molecule has 0 saturated carbocycles. The van der Waals surface area contributed by atoms with Gasteiger partial charge in [0, 0.05) is 26.7 Å². The van der Waals surface area contributed by atoms with Crippen molar-refractivity contribution < 1.29 is 9.47 Å². The van der Waals surface area contributed by atoms with Gasteiger partial charge < -0.3 is 25.4 Å². The number of nitrogens with two attached hydrogens (primary N) is 1. The van der Waals surface area contributed by atoms with E-state index in [0.29, 0.717) is 11.6 Å². The Morgan fingerprint density at radius 1 is 1.35 bits per heavy atom. The molecule has 20 heavy (non-hydrogen) atoms. The van der Waals surface area contributed by atoms with Crippen molar-refractivity contribution in [3.05, 3.63) is 12.1 Å². The lowest BCUT2D eigenvalue weighted by molar-refractivity contribution is 0.163. The monoisotopic (exact) mass is 282 g/mol. The van der Waals surface area contributed by atoms with Crippen LogP contribution >= 0.6 is 0 Å². The summed E-state index contributed by atoms with van der Waals surface area (Å²) < 4.78 is 10.6. The van der Waals surface area contributed by atoms with Gasteiger partial charge >= 0.3 is 0 Å². The molecule has 3 N–H and O–H groups in total. The number of hydrogen-bond acceptors (Lipinski definition) is 6. The van der Waals surface area contributed by atoms with E-state index in [2.05, 4.69) is 22.2 Å². The van der Waals surface area contributed by atoms with Gasteiger partial charge in [0.25, 0.3) is 0 Å². The number of likely N-dealkylation sites (N-methyl/N-ethyl adjacent to an activating group) is 1. The summed E-state index contributed by atoms with van der Waals surface area (Å²) >= 11 is 0. The summed E-state index contributed by atoms with van der Waals surface area (Å²) in [6.07, 6.45) is 0.0558. The Morgan fingerprint density at radius 3 is 2.75 bits per heavy atom. The van der Waals surface area contributed by atoms with Gasteiger partial charge in [-0.25, -0.2) is 0 Å². The number of hydrogen-bond donors (Lipinski definition) is 2. The minimum absolute atomic E-state index is 0.0558. The van der Waals surface area contributed by atoms with Crippen molar-refractivity contribution in [3.63, 3.8) is 0 Å². The second kappa shape index (κ2) is 8.60. The van der Waals surface area contributed by atoms with E-state index in [-0.39, 0.29) is 6.10 Å². The standard InChI is InChI=1S/C14H26N4O2/c1-11(2)20-14-12(15)5-6-13(17-14)16-7-8-18(3)9-10-19-4/h5-6,11H,7-10,15H2,1-4H3,(H,16,17). The SMILES string of the molecule is COCCN(C)CCNc1ccc(N)c(OC(C)C)n1. The van der Waals surface area contributed by atoms with Crippen LogP contribution in [-0.4, -0.2) is 56.4 Å². The van der Waals surface area contributed by atoms with Crippen molar-refractivity contribution in [2.45, 2.75) is 20.0 Å². The van der Waals surface area contributed by atoms with Gasteiger partial charge in [0.2, 0.25) is 5.88 Å². The molecule has 0 radical (unpaired) electrons. The molecule has 0 aliphatic rings. The summed E-state index contributed by atoms with van der Waals surface area (Å²) in [6, 6.07) is 3.67. The van der Waals surface area contributed by atoms with Crippen LogP contribution in [0.25, 0.3) is 0 Å². The van der Waals surface area contributed by atoms with E-state index in [4.69, 9.17) is 15.2 Å². The molecule has 0 aromatic carbocycles. The second-order valence-electron chi connectivity index (χ2n) is 4.98. The third kappa shape index (κ3) is 6.08. The number of anilines is 2. The molecule has 1 rings (SSSR count). The number of pyridine rings is 1. The smallest absolute Gasteiger partial charge is 0.239 e. The molecule has 0 aliphatic carbocycles. The van der Waals surface area contributed by atoms with Crippen LogP contribution < -0.4 is 15.8 Å². The molecule has 0 amide bonds. The summed E-state index contributed by atoms with van der Waals surface area (Å²) in [4.78, 5) is 6.56. The highest BCUT2D eigenvalue weighted by molar-refractivity contribution is 5.53. The number of nitrogens with one attached hydrogen (secondary N) is 1. The van der Waals surface area contributed by atoms with Gasteiger partial charge in [0.05, 0.1) is 18.4 Å². The van der Waals surface area contributed by atoms with E-state index in [1.54, 1.807) is 7.11 Å². The molecule has 0 unspecified atom stereocenters.